The van der Waals surface area contributed by atoms with Gasteiger partial charge in [0.2, 0.25) is 0 Å². The molecule has 1 heterocycles. The van der Waals surface area contributed by atoms with Crippen molar-refractivity contribution in [1.82, 2.24) is 0 Å². The van der Waals surface area contributed by atoms with E-state index in [1.54, 1.807) is 11.4 Å². The van der Waals surface area contributed by atoms with E-state index in [0.717, 1.165) is 16.6 Å². The molecule has 2 rings (SSSR count). The fourth-order valence-corrected chi connectivity index (χ4v) is 2.75. The Morgan fingerprint density at radius 2 is 2.06 bits per heavy atom. The molecule has 17 heavy (non-hydrogen) atoms. The molecule has 2 aromatic rings. The first-order valence-corrected chi connectivity index (χ1v) is 6.44. The number of thiophene rings is 1. The lowest BCUT2D eigenvalue weighted by atomic mass is 10.1. The second kappa shape index (κ2) is 5.06. The lowest BCUT2D eigenvalue weighted by Gasteiger charge is -2.01. The van der Waals surface area contributed by atoms with Crippen LogP contribution in [0.15, 0.2) is 34.1 Å². The van der Waals surface area contributed by atoms with Crippen LogP contribution in [-0.4, -0.2) is 5.78 Å². The number of carbonyl (C=O) groups excluding carboxylic acids is 1. The summed E-state index contributed by atoms with van der Waals surface area (Å²) in [6.07, 6.45) is -0.0565. The van der Waals surface area contributed by atoms with Gasteiger partial charge in [0.25, 0.3) is 0 Å². The summed E-state index contributed by atoms with van der Waals surface area (Å²) < 4.78 is 26.8. The number of Topliss-reactive ketones (excluding diaryl/α,β-unsaturated/α-hetero) is 1. The number of ketones is 1. The van der Waals surface area contributed by atoms with E-state index in [4.69, 9.17) is 0 Å². The summed E-state index contributed by atoms with van der Waals surface area (Å²) in [7, 11) is 0. The molecule has 1 nitrogen and oxygen atoms in total. The number of hydrogen-bond donors (Lipinski definition) is 0. The third-order valence-corrected chi connectivity index (χ3v) is 3.94. The molecule has 0 aliphatic carbocycles. The summed E-state index contributed by atoms with van der Waals surface area (Å²) in [5.74, 6) is -1.50. The highest BCUT2D eigenvalue weighted by Crippen LogP contribution is 2.22. The highest BCUT2D eigenvalue weighted by molar-refractivity contribution is 9.10. The maximum atomic E-state index is 13.3. The van der Waals surface area contributed by atoms with Gasteiger partial charge < -0.3 is 0 Å². The normalized spacial score (nSPS) is 10.5. The van der Waals surface area contributed by atoms with Crippen molar-refractivity contribution < 1.29 is 13.6 Å². The first-order chi connectivity index (χ1) is 8.06. The molecule has 0 unspecified atom stereocenters. The molecule has 0 saturated heterocycles. The topological polar surface area (TPSA) is 17.1 Å². The summed E-state index contributed by atoms with van der Waals surface area (Å²) in [6, 6.07) is 4.92. The van der Waals surface area contributed by atoms with E-state index >= 15 is 0 Å². The van der Waals surface area contributed by atoms with Crippen LogP contribution in [-0.2, 0) is 6.42 Å². The van der Waals surface area contributed by atoms with Crippen molar-refractivity contribution in [2.24, 2.45) is 0 Å². The molecule has 88 valence electrons. The number of rotatable bonds is 3. The van der Waals surface area contributed by atoms with Crippen LogP contribution in [0.4, 0.5) is 8.78 Å². The molecular weight excluding hydrogens is 310 g/mol. The first-order valence-electron chi connectivity index (χ1n) is 4.77. The van der Waals surface area contributed by atoms with Crippen molar-refractivity contribution in [3.63, 3.8) is 0 Å². The standard InChI is InChI=1S/C12H7BrF2OS/c13-8-4-12(17-6-8)11(16)3-7-1-2-9(14)5-10(7)15/h1-2,4-6H,3H2. The monoisotopic (exact) mass is 316 g/mol. The van der Waals surface area contributed by atoms with Crippen molar-refractivity contribution in [2.45, 2.75) is 6.42 Å². The summed E-state index contributed by atoms with van der Waals surface area (Å²) in [5, 5.41) is 1.79. The van der Waals surface area contributed by atoms with Crippen molar-refractivity contribution in [2.75, 3.05) is 0 Å². The molecule has 1 aromatic carbocycles. The molecular formula is C12H7BrF2OS. The predicted octanol–water partition coefficient (Wildman–Crippen LogP) is 4.21. The smallest absolute Gasteiger partial charge is 0.177 e. The van der Waals surface area contributed by atoms with Gasteiger partial charge in [0.05, 0.1) is 4.88 Å². The van der Waals surface area contributed by atoms with Gasteiger partial charge >= 0.3 is 0 Å². The van der Waals surface area contributed by atoms with Crippen molar-refractivity contribution in [3.05, 3.63) is 56.2 Å². The van der Waals surface area contributed by atoms with E-state index in [1.807, 2.05) is 0 Å². The van der Waals surface area contributed by atoms with Crippen molar-refractivity contribution in [1.29, 1.82) is 0 Å². The van der Waals surface area contributed by atoms with Gasteiger partial charge in [-0.1, -0.05) is 6.07 Å². The van der Waals surface area contributed by atoms with Crippen LogP contribution < -0.4 is 0 Å². The molecule has 0 spiro atoms. The van der Waals surface area contributed by atoms with Crippen molar-refractivity contribution in [3.8, 4) is 0 Å². The van der Waals surface area contributed by atoms with Crippen LogP contribution >= 0.6 is 27.3 Å². The number of halogens is 3. The van der Waals surface area contributed by atoms with Gasteiger partial charge in [-0.15, -0.1) is 11.3 Å². The SMILES string of the molecule is O=C(Cc1ccc(F)cc1F)c1cc(Br)cs1. The number of benzene rings is 1. The summed E-state index contributed by atoms with van der Waals surface area (Å²) in [4.78, 5) is 12.3. The van der Waals surface area contributed by atoms with Crippen molar-refractivity contribution >= 4 is 33.0 Å². The molecule has 0 N–H and O–H groups in total. The number of carbonyl (C=O) groups is 1. The molecule has 0 aliphatic heterocycles. The Balaban J connectivity index is 2.18. The van der Waals surface area contributed by atoms with Gasteiger partial charge in [-0.2, -0.15) is 0 Å². The number of hydrogen-bond acceptors (Lipinski definition) is 2. The summed E-state index contributed by atoms with van der Waals surface area (Å²) in [5.41, 5.74) is 0.209. The van der Waals surface area contributed by atoms with Crippen LogP contribution in [0.2, 0.25) is 0 Å². The first kappa shape index (κ1) is 12.4. The molecule has 0 saturated carbocycles. The van der Waals surface area contributed by atoms with E-state index in [-0.39, 0.29) is 17.8 Å². The second-order valence-corrected chi connectivity index (χ2v) is 5.29. The Kier molecular flexibility index (Phi) is 3.69. The van der Waals surface area contributed by atoms with Crippen LogP contribution in [0, 0.1) is 11.6 Å². The van der Waals surface area contributed by atoms with E-state index in [0.29, 0.717) is 4.88 Å². The Hall–Kier alpha value is -1.07. The minimum Gasteiger partial charge on any atom is -0.293 e. The molecule has 0 radical (unpaired) electrons. The fourth-order valence-electron chi connectivity index (χ4n) is 1.38. The van der Waals surface area contributed by atoms with E-state index in [2.05, 4.69) is 15.9 Å². The Morgan fingerprint density at radius 1 is 1.29 bits per heavy atom. The summed E-state index contributed by atoms with van der Waals surface area (Å²) >= 11 is 4.54. The third-order valence-electron chi connectivity index (χ3n) is 2.21. The van der Waals surface area contributed by atoms with Gasteiger partial charge in [-0.05, 0) is 33.6 Å². The largest absolute Gasteiger partial charge is 0.293 e. The second-order valence-electron chi connectivity index (χ2n) is 3.46. The lowest BCUT2D eigenvalue weighted by Crippen LogP contribution is -2.03. The molecule has 0 bridgehead atoms. The molecule has 1 aromatic heterocycles. The Bertz CT molecular complexity index is 565. The highest BCUT2D eigenvalue weighted by atomic mass is 79.9. The Labute approximate surface area is 109 Å². The van der Waals surface area contributed by atoms with Crippen LogP contribution in [0.5, 0.6) is 0 Å². The average Bonchev–Trinajstić information content (AvgIpc) is 2.69. The molecule has 0 amide bonds. The maximum absolute atomic E-state index is 13.3. The molecule has 0 aliphatic rings. The third kappa shape index (κ3) is 2.98. The quantitative estimate of drug-likeness (QED) is 0.775. The van der Waals surface area contributed by atoms with Crippen LogP contribution in [0.1, 0.15) is 15.2 Å². The van der Waals surface area contributed by atoms with Gasteiger partial charge in [0.1, 0.15) is 11.6 Å². The van der Waals surface area contributed by atoms with Crippen LogP contribution in [0.25, 0.3) is 0 Å². The Morgan fingerprint density at radius 3 is 2.65 bits per heavy atom. The zero-order chi connectivity index (χ0) is 12.4. The molecule has 0 atom stereocenters. The zero-order valence-corrected chi connectivity index (χ0v) is 10.9. The van der Waals surface area contributed by atoms with Gasteiger partial charge in [-0.3, -0.25) is 4.79 Å². The van der Waals surface area contributed by atoms with E-state index < -0.39 is 11.6 Å². The predicted molar refractivity (Wildman–Crippen MR) is 66.4 cm³/mol. The van der Waals surface area contributed by atoms with Crippen LogP contribution in [0.3, 0.4) is 0 Å². The minimum atomic E-state index is -0.686. The average molecular weight is 317 g/mol. The van der Waals surface area contributed by atoms with E-state index in [9.17, 15) is 13.6 Å². The van der Waals surface area contributed by atoms with Gasteiger partial charge in [0, 0.05) is 22.3 Å². The van der Waals surface area contributed by atoms with Gasteiger partial charge in [0.15, 0.2) is 5.78 Å². The van der Waals surface area contributed by atoms with Gasteiger partial charge in [-0.25, -0.2) is 8.78 Å². The highest BCUT2D eigenvalue weighted by Gasteiger charge is 2.12. The summed E-state index contributed by atoms with van der Waals surface area (Å²) in [6.45, 7) is 0. The zero-order valence-electron chi connectivity index (χ0n) is 8.54. The molecule has 5 heteroatoms. The fraction of sp³-hybridized carbons (Fsp3) is 0.0833. The maximum Gasteiger partial charge on any atom is 0.177 e. The lowest BCUT2D eigenvalue weighted by molar-refractivity contribution is 0.0995. The molecule has 0 fully saturated rings. The minimum absolute atomic E-state index is 0.0565. The van der Waals surface area contributed by atoms with E-state index in [1.165, 1.54) is 17.4 Å².